The van der Waals surface area contributed by atoms with Crippen LogP contribution in [-0.4, -0.2) is 52.6 Å². The number of aryl methyl sites for hydroxylation is 2. The third-order valence-corrected chi connectivity index (χ3v) is 6.16. The topological polar surface area (TPSA) is 78.7 Å². The minimum Gasteiger partial charge on any atom is -0.454 e. The molecule has 0 fully saturated rings. The lowest BCUT2D eigenvalue weighted by Crippen LogP contribution is -2.35. The number of nitrogens with zero attached hydrogens (tertiary/aromatic N) is 4. The molecule has 1 amide bonds. The number of pyridine rings is 1. The molecule has 3 heterocycles. The third-order valence-electron chi connectivity index (χ3n) is 5.92. The van der Waals surface area contributed by atoms with Crippen LogP contribution >= 0.6 is 11.6 Å². The lowest BCUT2D eigenvalue weighted by atomic mass is 10.0. The Morgan fingerprint density at radius 3 is 2.69 bits per heavy atom. The van der Waals surface area contributed by atoms with Crippen molar-refractivity contribution in [2.45, 2.75) is 13.5 Å². The monoisotopic (exact) mass is 492 g/mol. The first-order valence-corrected chi connectivity index (χ1v) is 11.6. The van der Waals surface area contributed by atoms with Crippen LogP contribution in [0.25, 0.3) is 22.2 Å². The normalized spacial score (nSPS) is 12.3. The molecule has 9 heteroatoms. The Balaban J connectivity index is 1.61. The number of halogens is 1. The summed E-state index contributed by atoms with van der Waals surface area (Å²) in [4.78, 5) is 20.3. The first-order chi connectivity index (χ1) is 16.9. The maximum Gasteiger partial charge on any atom is 0.272 e. The van der Waals surface area contributed by atoms with E-state index in [1.165, 1.54) is 0 Å². The van der Waals surface area contributed by atoms with Crippen molar-refractivity contribution >= 4 is 28.4 Å². The van der Waals surface area contributed by atoms with Gasteiger partial charge in [-0.2, -0.15) is 5.10 Å². The molecule has 5 rings (SSSR count). The molecule has 0 radical (unpaired) electrons. The third kappa shape index (κ3) is 4.67. The van der Waals surface area contributed by atoms with E-state index in [1.807, 2.05) is 49.4 Å². The fourth-order valence-electron chi connectivity index (χ4n) is 4.25. The van der Waals surface area contributed by atoms with Crippen LogP contribution in [0.4, 0.5) is 0 Å². The van der Waals surface area contributed by atoms with Gasteiger partial charge in [0.1, 0.15) is 5.69 Å². The standard InChI is InChI=1S/C26H25ClN4O4/c1-16-9-22(30(2)29-16)26(32)31(7-8-33-3)14-19-10-18-12-23-24(35-15-34-23)13-21(18)28-25(19)17-5-4-6-20(27)11-17/h4-6,9-13H,7-8,14-15H2,1-3H3. The van der Waals surface area contributed by atoms with Crippen LogP contribution < -0.4 is 9.47 Å². The molecule has 1 aliphatic rings. The molecule has 0 unspecified atom stereocenters. The Morgan fingerprint density at radius 1 is 1.17 bits per heavy atom. The van der Waals surface area contributed by atoms with Gasteiger partial charge in [0.25, 0.3) is 5.91 Å². The van der Waals surface area contributed by atoms with Crippen LogP contribution in [0.5, 0.6) is 11.5 Å². The van der Waals surface area contributed by atoms with E-state index in [9.17, 15) is 4.79 Å². The Bertz CT molecular complexity index is 1420. The van der Waals surface area contributed by atoms with Gasteiger partial charge in [0.2, 0.25) is 6.79 Å². The van der Waals surface area contributed by atoms with Crippen LogP contribution in [0.15, 0.2) is 48.5 Å². The van der Waals surface area contributed by atoms with E-state index >= 15 is 0 Å². The van der Waals surface area contributed by atoms with Gasteiger partial charge >= 0.3 is 0 Å². The molecule has 0 atom stereocenters. The number of rotatable bonds is 7. The van der Waals surface area contributed by atoms with Crippen molar-refractivity contribution in [3.63, 3.8) is 0 Å². The number of carbonyl (C=O) groups excluding carboxylic acids is 1. The second-order valence-electron chi connectivity index (χ2n) is 8.42. The first kappa shape index (κ1) is 23.1. The van der Waals surface area contributed by atoms with Crippen molar-refractivity contribution in [2.75, 3.05) is 27.1 Å². The molecule has 0 saturated carbocycles. The van der Waals surface area contributed by atoms with E-state index in [-0.39, 0.29) is 12.7 Å². The van der Waals surface area contributed by atoms with Gasteiger partial charge in [0.15, 0.2) is 11.5 Å². The van der Waals surface area contributed by atoms with E-state index in [4.69, 9.17) is 30.8 Å². The van der Waals surface area contributed by atoms with E-state index in [2.05, 4.69) is 5.10 Å². The molecule has 1 aliphatic heterocycles. The number of amides is 1. The molecular weight excluding hydrogens is 468 g/mol. The van der Waals surface area contributed by atoms with E-state index in [0.717, 1.165) is 33.4 Å². The summed E-state index contributed by atoms with van der Waals surface area (Å²) >= 11 is 6.31. The van der Waals surface area contributed by atoms with Gasteiger partial charge in [0, 0.05) is 49.3 Å². The van der Waals surface area contributed by atoms with Gasteiger partial charge in [-0.25, -0.2) is 4.98 Å². The molecule has 0 spiro atoms. The molecule has 8 nitrogen and oxygen atoms in total. The summed E-state index contributed by atoms with van der Waals surface area (Å²) in [7, 11) is 3.39. The van der Waals surface area contributed by atoms with Gasteiger partial charge in [-0.05, 0) is 42.8 Å². The molecule has 2 aromatic heterocycles. The number of methoxy groups -OCH3 is 1. The number of carbonyl (C=O) groups is 1. The molecule has 2 aromatic carbocycles. The molecule has 180 valence electrons. The van der Waals surface area contributed by atoms with Crippen LogP contribution in [-0.2, 0) is 18.3 Å². The smallest absolute Gasteiger partial charge is 0.272 e. The molecular formula is C26H25ClN4O4. The van der Waals surface area contributed by atoms with Gasteiger partial charge in [-0.1, -0.05) is 23.7 Å². The average molecular weight is 493 g/mol. The molecule has 4 aromatic rings. The quantitative estimate of drug-likeness (QED) is 0.375. The summed E-state index contributed by atoms with van der Waals surface area (Å²) in [6.45, 7) is 3.18. The van der Waals surface area contributed by atoms with E-state index < -0.39 is 0 Å². The van der Waals surface area contributed by atoms with Crippen LogP contribution in [0, 0.1) is 6.92 Å². The largest absolute Gasteiger partial charge is 0.454 e. The summed E-state index contributed by atoms with van der Waals surface area (Å²) in [5.41, 5.74) is 4.55. The van der Waals surface area contributed by atoms with Gasteiger partial charge in [-0.3, -0.25) is 9.48 Å². The second kappa shape index (κ2) is 9.56. The highest BCUT2D eigenvalue weighted by molar-refractivity contribution is 6.30. The van der Waals surface area contributed by atoms with E-state index in [1.54, 1.807) is 29.8 Å². The highest BCUT2D eigenvalue weighted by Crippen LogP contribution is 2.37. The SMILES string of the molecule is COCCN(Cc1cc2cc3c(cc2nc1-c1cccc(Cl)c1)OCO3)C(=O)c1cc(C)nn1C. The summed E-state index contributed by atoms with van der Waals surface area (Å²) in [5.74, 6) is 1.21. The summed E-state index contributed by atoms with van der Waals surface area (Å²) in [5, 5.41) is 5.84. The lowest BCUT2D eigenvalue weighted by Gasteiger charge is -2.24. The molecule has 0 saturated heterocycles. The Labute approximate surface area is 208 Å². The summed E-state index contributed by atoms with van der Waals surface area (Å²) in [6.07, 6.45) is 0. The number of benzene rings is 2. The van der Waals surface area contributed by atoms with Crippen LogP contribution in [0.2, 0.25) is 5.02 Å². The Morgan fingerprint density at radius 2 is 1.97 bits per heavy atom. The Hall–Kier alpha value is -3.62. The van der Waals surface area contributed by atoms with Crippen molar-refractivity contribution in [3.8, 4) is 22.8 Å². The number of aromatic nitrogens is 3. The predicted octanol–water partition coefficient (Wildman–Crippen LogP) is 4.61. The van der Waals surface area contributed by atoms with Crippen molar-refractivity contribution in [1.29, 1.82) is 0 Å². The number of fused-ring (bicyclic) bond motifs is 2. The fraction of sp³-hybridized carbons (Fsp3) is 0.269. The zero-order valence-corrected chi connectivity index (χ0v) is 20.5. The molecule has 35 heavy (non-hydrogen) atoms. The van der Waals surface area contributed by atoms with Crippen molar-refractivity contribution in [1.82, 2.24) is 19.7 Å². The number of hydrogen-bond acceptors (Lipinski definition) is 6. The second-order valence-corrected chi connectivity index (χ2v) is 8.86. The van der Waals surface area contributed by atoms with Crippen LogP contribution in [0.3, 0.4) is 0 Å². The molecule has 0 aliphatic carbocycles. The number of hydrogen-bond donors (Lipinski definition) is 0. The molecule has 0 N–H and O–H groups in total. The van der Waals surface area contributed by atoms with E-state index in [0.29, 0.717) is 41.9 Å². The average Bonchev–Trinajstić information content (AvgIpc) is 3.43. The zero-order chi connectivity index (χ0) is 24.5. The van der Waals surface area contributed by atoms with Gasteiger partial charge < -0.3 is 19.1 Å². The van der Waals surface area contributed by atoms with Gasteiger partial charge in [0.05, 0.1) is 23.5 Å². The Kier molecular flexibility index (Phi) is 6.32. The maximum absolute atomic E-state index is 13.5. The number of ether oxygens (including phenoxy) is 3. The minimum atomic E-state index is -0.132. The fourth-order valence-corrected chi connectivity index (χ4v) is 4.44. The van der Waals surface area contributed by atoms with Crippen molar-refractivity contribution in [2.24, 2.45) is 7.05 Å². The summed E-state index contributed by atoms with van der Waals surface area (Å²) < 4.78 is 18.0. The summed E-state index contributed by atoms with van der Waals surface area (Å²) in [6, 6.07) is 15.2. The maximum atomic E-state index is 13.5. The van der Waals surface area contributed by atoms with Gasteiger partial charge in [-0.15, -0.1) is 0 Å². The first-order valence-electron chi connectivity index (χ1n) is 11.2. The van der Waals surface area contributed by atoms with Crippen molar-refractivity contribution in [3.05, 3.63) is 70.5 Å². The predicted molar refractivity (Wildman–Crippen MR) is 133 cm³/mol. The van der Waals surface area contributed by atoms with Crippen molar-refractivity contribution < 1.29 is 19.0 Å². The minimum absolute atomic E-state index is 0.132. The van der Waals surface area contributed by atoms with Crippen LogP contribution in [0.1, 0.15) is 21.7 Å². The zero-order valence-electron chi connectivity index (χ0n) is 19.7. The highest BCUT2D eigenvalue weighted by Gasteiger charge is 2.23. The lowest BCUT2D eigenvalue weighted by molar-refractivity contribution is 0.0670. The highest BCUT2D eigenvalue weighted by atomic mass is 35.5. The molecule has 0 bridgehead atoms.